The van der Waals surface area contributed by atoms with Crippen molar-refractivity contribution in [3.05, 3.63) is 24.2 Å². The molecule has 162 valence electrons. The van der Waals surface area contributed by atoms with E-state index in [1.54, 1.807) is 6.26 Å². The molecule has 1 saturated heterocycles. The number of aliphatic imine (C=N–C) groups is 1. The third-order valence-corrected chi connectivity index (χ3v) is 5.19. The van der Waals surface area contributed by atoms with E-state index in [0.717, 1.165) is 76.1 Å². The third-order valence-electron chi connectivity index (χ3n) is 4.60. The van der Waals surface area contributed by atoms with E-state index < -0.39 is 0 Å². The molecule has 6 nitrogen and oxygen atoms in total. The zero-order valence-electron chi connectivity index (χ0n) is 17.5. The Bertz CT molecular complexity index is 520. The maximum absolute atomic E-state index is 5.67. The molecule has 8 heteroatoms. The van der Waals surface area contributed by atoms with Gasteiger partial charge >= 0.3 is 0 Å². The highest BCUT2D eigenvalue weighted by Crippen LogP contribution is 2.10. The van der Waals surface area contributed by atoms with Crippen LogP contribution < -0.4 is 10.6 Å². The molecule has 28 heavy (non-hydrogen) atoms. The van der Waals surface area contributed by atoms with E-state index in [4.69, 9.17) is 14.1 Å². The van der Waals surface area contributed by atoms with Crippen LogP contribution in [0.5, 0.6) is 0 Å². The first-order valence-electron chi connectivity index (χ1n) is 10.1. The van der Waals surface area contributed by atoms with Gasteiger partial charge in [0.15, 0.2) is 5.96 Å². The van der Waals surface area contributed by atoms with Gasteiger partial charge in [-0.25, -0.2) is 0 Å². The number of likely N-dealkylation sites (tertiary alicyclic amines) is 1. The van der Waals surface area contributed by atoms with E-state index in [0.29, 0.717) is 12.1 Å². The Kier molecular flexibility index (Phi) is 14.1. The summed E-state index contributed by atoms with van der Waals surface area (Å²) in [7, 11) is 0. The Morgan fingerprint density at radius 1 is 1.39 bits per heavy atom. The number of hydrogen-bond donors (Lipinski definition) is 2. The van der Waals surface area contributed by atoms with Gasteiger partial charge in [0.2, 0.25) is 0 Å². The molecule has 0 radical (unpaired) electrons. The van der Waals surface area contributed by atoms with Gasteiger partial charge < -0.3 is 24.7 Å². The fourth-order valence-electron chi connectivity index (χ4n) is 3.07. The monoisotopic (exact) mass is 524 g/mol. The Labute approximate surface area is 191 Å². The first-order chi connectivity index (χ1) is 13.2. The van der Waals surface area contributed by atoms with Crippen molar-refractivity contribution >= 4 is 41.7 Å². The minimum atomic E-state index is 0. The van der Waals surface area contributed by atoms with Crippen molar-refractivity contribution in [2.24, 2.45) is 4.99 Å². The maximum Gasteiger partial charge on any atom is 0.191 e. The van der Waals surface area contributed by atoms with Crippen molar-refractivity contribution in [1.29, 1.82) is 0 Å². The minimum Gasteiger partial charge on any atom is -0.469 e. The molecule has 0 atom stereocenters. The van der Waals surface area contributed by atoms with Gasteiger partial charge in [-0.1, -0.05) is 0 Å². The molecule has 0 aromatic carbocycles. The molecular formula is C20H37IN4O2S. The summed E-state index contributed by atoms with van der Waals surface area (Å²) in [5.74, 6) is 2.97. The van der Waals surface area contributed by atoms with Crippen molar-refractivity contribution in [1.82, 2.24) is 15.5 Å². The minimum absolute atomic E-state index is 0. The lowest BCUT2D eigenvalue weighted by atomic mass is 10.1. The molecule has 2 heterocycles. The van der Waals surface area contributed by atoms with Crippen LogP contribution in [-0.4, -0.2) is 74.3 Å². The van der Waals surface area contributed by atoms with Crippen LogP contribution in [0.15, 0.2) is 27.8 Å². The number of nitrogens with one attached hydrogen (secondary N) is 2. The number of piperidine rings is 1. The van der Waals surface area contributed by atoms with Gasteiger partial charge in [0, 0.05) is 44.4 Å². The fraction of sp³-hybridized carbons (Fsp3) is 0.750. The Balaban J connectivity index is 0.00000392. The molecular weight excluding hydrogens is 487 g/mol. The normalized spacial score (nSPS) is 16.2. The van der Waals surface area contributed by atoms with E-state index in [1.165, 1.54) is 0 Å². The summed E-state index contributed by atoms with van der Waals surface area (Å²) in [5.41, 5.74) is 0. The van der Waals surface area contributed by atoms with Crippen molar-refractivity contribution in [3.8, 4) is 0 Å². The zero-order chi connectivity index (χ0) is 19.3. The molecule has 0 aliphatic carbocycles. The molecule has 1 aliphatic rings. The average Bonchev–Trinajstić information content (AvgIpc) is 3.16. The van der Waals surface area contributed by atoms with Gasteiger partial charge in [0.1, 0.15) is 5.76 Å². The molecule has 1 aromatic rings. The summed E-state index contributed by atoms with van der Waals surface area (Å²) in [5, 5.41) is 7.09. The zero-order valence-corrected chi connectivity index (χ0v) is 20.6. The number of guanidine groups is 1. The number of rotatable bonds is 11. The lowest BCUT2D eigenvalue weighted by Crippen LogP contribution is -2.49. The molecule has 1 fully saturated rings. The van der Waals surface area contributed by atoms with Crippen molar-refractivity contribution < 1.29 is 9.15 Å². The van der Waals surface area contributed by atoms with E-state index in [9.17, 15) is 0 Å². The summed E-state index contributed by atoms with van der Waals surface area (Å²) in [6.45, 7) is 9.92. The van der Waals surface area contributed by atoms with Crippen LogP contribution in [0.1, 0.15) is 32.4 Å². The molecule has 0 saturated carbocycles. The predicted octanol–water partition coefficient (Wildman–Crippen LogP) is 3.23. The first-order valence-corrected chi connectivity index (χ1v) is 11.5. The molecule has 1 aromatic heterocycles. The van der Waals surface area contributed by atoms with E-state index in [2.05, 4.69) is 35.6 Å². The van der Waals surface area contributed by atoms with Gasteiger partial charge in [-0.3, -0.25) is 4.99 Å². The summed E-state index contributed by atoms with van der Waals surface area (Å²) in [4.78, 5) is 7.22. The maximum atomic E-state index is 5.67. The summed E-state index contributed by atoms with van der Waals surface area (Å²) in [6, 6.07) is 4.43. The predicted molar refractivity (Wildman–Crippen MR) is 130 cm³/mol. The van der Waals surface area contributed by atoms with Crippen LogP contribution in [0.25, 0.3) is 0 Å². The summed E-state index contributed by atoms with van der Waals surface area (Å²) in [6.07, 6.45) is 7.31. The second-order valence-electron chi connectivity index (χ2n) is 7.16. The van der Waals surface area contributed by atoms with E-state index in [1.807, 2.05) is 23.9 Å². The molecule has 0 unspecified atom stereocenters. The third kappa shape index (κ3) is 10.9. The molecule has 0 amide bonds. The Morgan fingerprint density at radius 3 is 2.82 bits per heavy atom. The average molecular weight is 525 g/mol. The molecule has 2 N–H and O–H groups in total. The van der Waals surface area contributed by atoms with Gasteiger partial charge in [0.05, 0.1) is 25.5 Å². The highest BCUT2D eigenvalue weighted by molar-refractivity contribution is 14.0. The second kappa shape index (κ2) is 15.4. The quantitative estimate of drug-likeness (QED) is 0.201. The topological polar surface area (TPSA) is 62.0 Å². The van der Waals surface area contributed by atoms with E-state index in [-0.39, 0.29) is 24.0 Å². The summed E-state index contributed by atoms with van der Waals surface area (Å²) < 4.78 is 11.1. The van der Waals surface area contributed by atoms with Crippen molar-refractivity contribution in [3.63, 3.8) is 0 Å². The number of furan rings is 1. The number of thioether (sulfide) groups is 1. The first kappa shape index (κ1) is 25.6. The van der Waals surface area contributed by atoms with Gasteiger partial charge in [-0.2, -0.15) is 11.8 Å². The van der Waals surface area contributed by atoms with Gasteiger partial charge in [-0.15, -0.1) is 24.0 Å². The van der Waals surface area contributed by atoms with Gasteiger partial charge in [-0.05, 0) is 45.1 Å². The van der Waals surface area contributed by atoms with E-state index >= 15 is 0 Å². The lowest BCUT2D eigenvalue weighted by Gasteiger charge is -2.33. The Morgan fingerprint density at radius 2 is 2.18 bits per heavy atom. The lowest BCUT2D eigenvalue weighted by molar-refractivity contribution is 0.0532. The summed E-state index contributed by atoms with van der Waals surface area (Å²) >= 11 is 1.83. The highest BCUT2D eigenvalue weighted by atomic mass is 127. The number of halogens is 1. The smallest absolute Gasteiger partial charge is 0.191 e. The number of ether oxygens (including phenoxy) is 1. The van der Waals surface area contributed by atoms with Gasteiger partial charge in [0.25, 0.3) is 0 Å². The number of hydrogen-bond acceptors (Lipinski definition) is 5. The molecule has 0 bridgehead atoms. The standard InChI is InChI=1S/C20H36N4O2S.HI/c1-17(2)25-15-13-24-11-7-18(8-12-24)23-20(22-10-16-27-3)21-9-6-19-5-4-14-26-19;/h4-5,14,17-18H,6-13,15-16H2,1-3H3,(H2,21,22,23);1H. The second-order valence-corrected chi connectivity index (χ2v) is 8.14. The van der Waals surface area contributed by atoms with Crippen molar-refractivity contribution in [2.45, 2.75) is 45.3 Å². The SMILES string of the molecule is CSCCN=C(NCCc1ccco1)NC1CCN(CCOC(C)C)CC1.I. The largest absolute Gasteiger partial charge is 0.469 e. The molecule has 1 aliphatic heterocycles. The van der Waals surface area contributed by atoms with Crippen LogP contribution in [-0.2, 0) is 11.2 Å². The fourth-order valence-corrected chi connectivity index (χ4v) is 3.35. The number of nitrogens with zero attached hydrogens (tertiary/aromatic N) is 2. The molecule has 0 spiro atoms. The highest BCUT2D eigenvalue weighted by Gasteiger charge is 2.19. The molecule has 2 rings (SSSR count). The van der Waals surface area contributed by atoms with Crippen LogP contribution >= 0.6 is 35.7 Å². The van der Waals surface area contributed by atoms with Crippen molar-refractivity contribution in [2.75, 3.05) is 51.3 Å². The Hall–Kier alpha value is -0.450. The van der Waals surface area contributed by atoms with Crippen LogP contribution in [0.2, 0.25) is 0 Å². The van der Waals surface area contributed by atoms with Crippen LogP contribution in [0.3, 0.4) is 0 Å². The van der Waals surface area contributed by atoms with Crippen LogP contribution in [0.4, 0.5) is 0 Å². The van der Waals surface area contributed by atoms with Crippen LogP contribution in [0, 0.1) is 0 Å².